The molecule has 1 fully saturated rings. The molecule has 0 bridgehead atoms. The molecule has 4 aliphatic rings. The Balaban J connectivity index is 1.50. The molecule has 0 saturated carbocycles. The number of hydrogen-bond donors (Lipinski definition) is 1. The Kier molecular flexibility index (Phi) is 6.32. The number of nitrogens with zero attached hydrogens (tertiary/aromatic N) is 2. The van der Waals surface area contributed by atoms with Crippen LogP contribution in [0.3, 0.4) is 0 Å². The topological polar surface area (TPSA) is 153 Å². The van der Waals surface area contributed by atoms with Crippen LogP contribution >= 0.6 is 0 Å². The van der Waals surface area contributed by atoms with E-state index >= 15 is 0 Å². The third-order valence-electron chi connectivity index (χ3n) is 8.72. The van der Waals surface area contributed by atoms with E-state index in [4.69, 9.17) is 9.47 Å². The zero-order valence-corrected chi connectivity index (χ0v) is 23.0. The number of fused-ring (bicyclic) bond motifs is 3. The van der Waals surface area contributed by atoms with Gasteiger partial charge in [0.1, 0.15) is 17.2 Å². The Labute approximate surface area is 239 Å². The van der Waals surface area contributed by atoms with Crippen molar-refractivity contribution >= 4 is 34.8 Å². The van der Waals surface area contributed by atoms with Crippen molar-refractivity contribution in [1.29, 1.82) is 0 Å². The number of allylic oxidation sites excluding steroid dienone is 6. The average molecular weight is 571 g/mol. The predicted octanol–water partition coefficient (Wildman–Crippen LogP) is 3.95. The van der Waals surface area contributed by atoms with E-state index in [-0.39, 0.29) is 69.6 Å². The fourth-order valence-corrected chi connectivity index (χ4v) is 6.86. The zero-order valence-electron chi connectivity index (χ0n) is 23.0. The van der Waals surface area contributed by atoms with E-state index in [0.717, 1.165) is 4.90 Å². The first-order valence-corrected chi connectivity index (χ1v) is 13.3. The molecule has 0 aromatic heterocycles. The van der Waals surface area contributed by atoms with Gasteiger partial charge in [0.25, 0.3) is 5.69 Å². The van der Waals surface area contributed by atoms with E-state index in [0.29, 0.717) is 11.3 Å². The van der Waals surface area contributed by atoms with Crippen molar-refractivity contribution in [2.45, 2.75) is 25.7 Å². The number of anilines is 1. The summed E-state index contributed by atoms with van der Waals surface area (Å²) >= 11 is 0. The van der Waals surface area contributed by atoms with E-state index in [2.05, 4.69) is 0 Å². The van der Waals surface area contributed by atoms with Gasteiger partial charge in [0.15, 0.2) is 11.6 Å². The van der Waals surface area contributed by atoms with Crippen LogP contribution in [0.5, 0.6) is 17.2 Å². The molecule has 0 spiro atoms. The predicted molar refractivity (Wildman–Crippen MR) is 148 cm³/mol. The van der Waals surface area contributed by atoms with Crippen molar-refractivity contribution in [1.82, 2.24) is 0 Å². The normalized spacial score (nSPS) is 25.0. The van der Waals surface area contributed by atoms with Crippen LogP contribution in [0.4, 0.5) is 11.4 Å². The van der Waals surface area contributed by atoms with Crippen LogP contribution in [0.25, 0.3) is 0 Å². The molecule has 1 aliphatic heterocycles. The summed E-state index contributed by atoms with van der Waals surface area (Å²) in [7, 11) is 2.85. The number of aromatic hydroxyl groups is 1. The minimum absolute atomic E-state index is 0.0704. The molecule has 0 radical (unpaired) electrons. The Morgan fingerprint density at radius 1 is 1.00 bits per heavy atom. The number of phenolic OH excluding ortho intramolecular Hbond substituents is 1. The van der Waals surface area contributed by atoms with Crippen molar-refractivity contribution in [3.05, 3.63) is 86.5 Å². The molecule has 6 rings (SSSR count). The van der Waals surface area contributed by atoms with Gasteiger partial charge in [0, 0.05) is 52.5 Å². The number of nitro groups is 1. The van der Waals surface area contributed by atoms with E-state index in [1.807, 2.05) is 6.08 Å². The van der Waals surface area contributed by atoms with Gasteiger partial charge in [-0.1, -0.05) is 11.6 Å². The molecule has 2 aromatic carbocycles. The number of phenols is 1. The summed E-state index contributed by atoms with van der Waals surface area (Å²) in [6, 6.07) is 8.15. The lowest BCUT2D eigenvalue weighted by Crippen LogP contribution is -2.40. The smallest absolute Gasteiger partial charge is 0.269 e. The summed E-state index contributed by atoms with van der Waals surface area (Å²) in [6.45, 7) is 1.56. The van der Waals surface area contributed by atoms with E-state index in [1.165, 1.54) is 50.6 Å². The highest BCUT2D eigenvalue weighted by atomic mass is 16.6. The van der Waals surface area contributed by atoms with Gasteiger partial charge in [-0.15, -0.1) is 0 Å². The van der Waals surface area contributed by atoms with Crippen LogP contribution in [-0.2, 0) is 19.2 Å². The molecule has 11 nitrogen and oxygen atoms in total. The number of carbonyl (C=O) groups excluding carboxylic acids is 4. The average Bonchev–Trinajstić information content (AvgIpc) is 3.23. The van der Waals surface area contributed by atoms with Crippen molar-refractivity contribution < 1.29 is 38.7 Å². The number of benzene rings is 2. The number of carbonyl (C=O) groups is 4. The number of Topliss-reactive ketones (excluding diaryl/α,β-unsaturated/α-hetero) is 1. The van der Waals surface area contributed by atoms with E-state index in [9.17, 15) is 34.4 Å². The first kappa shape index (κ1) is 27.1. The number of rotatable bonds is 5. The molecule has 2 amide bonds. The maximum absolute atomic E-state index is 14.0. The SMILES string of the molecule is COc1cc(O)c(C2C3=CCC4C(=O)N(c5ccc([N+](=O)[O-])cc5)C(=O)C4C3CC3=C2C(=O)C=C(C)C3=O)c(OC)c1. The number of amides is 2. The van der Waals surface area contributed by atoms with Crippen molar-refractivity contribution in [2.24, 2.45) is 17.8 Å². The molecular formula is C31H26N2O9. The van der Waals surface area contributed by atoms with E-state index < -0.39 is 40.4 Å². The second-order valence-electron chi connectivity index (χ2n) is 10.8. The van der Waals surface area contributed by atoms with Crippen LogP contribution in [0.1, 0.15) is 31.2 Å². The molecule has 214 valence electrons. The molecule has 2 aromatic rings. The van der Waals surface area contributed by atoms with Crippen LogP contribution < -0.4 is 14.4 Å². The molecule has 4 unspecified atom stereocenters. The minimum atomic E-state index is -0.905. The maximum atomic E-state index is 14.0. The molecule has 42 heavy (non-hydrogen) atoms. The lowest BCUT2D eigenvalue weighted by molar-refractivity contribution is -0.384. The van der Waals surface area contributed by atoms with Gasteiger partial charge in [0.2, 0.25) is 11.8 Å². The quantitative estimate of drug-likeness (QED) is 0.185. The second-order valence-corrected chi connectivity index (χ2v) is 10.8. The monoisotopic (exact) mass is 570 g/mol. The standard InChI is InChI=1S/C31H26N2O9/c1-14-10-22(34)26-21(29(14)36)13-20-18(27(26)28-23(35)11-17(41-2)12-24(28)42-3)8-9-19-25(20)31(38)32(30(19)37)15-4-6-16(7-5-15)33(39)40/h4-8,10-12,19-20,25,27,35H,9,13H2,1-3H3. The third kappa shape index (κ3) is 3.87. The Hall–Kier alpha value is -5.06. The first-order valence-electron chi connectivity index (χ1n) is 13.3. The number of nitro benzene ring substituents is 1. The highest BCUT2D eigenvalue weighted by Crippen LogP contribution is 2.58. The molecule has 4 atom stereocenters. The molecule has 1 N–H and O–H groups in total. The fourth-order valence-electron chi connectivity index (χ4n) is 6.86. The number of hydrogen-bond acceptors (Lipinski definition) is 9. The van der Waals surface area contributed by atoms with Gasteiger partial charge in [0.05, 0.1) is 36.7 Å². The van der Waals surface area contributed by atoms with Gasteiger partial charge in [-0.05, 0) is 43.9 Å². The van der Waals surface area contributed by atoms with Crippen LogP contribution in [0.15, 0.2) is 70.8 Å². The van der Waals surface area contributed by atoms with Gasteiger partial charge in [-0.2, -0.15) is 0 Å². The lowest BCUT2D eigenvalue weighted by atomic mass is 9.59. The highest BCUT2D eigenvalue weighted by Gasteiger charge is 2.57. The molecule has 1 saturated heterocycles. The summed E-state index contributed by atoms with van der Waals surface area (Å²) in [5.74, 6) is -4.35. The molecule has 1 heterocycles. The summed E-state index contributed by atoms with van der Waals surface area (Å²) < 4.78 is 10.9. The van der Waals surface area contributed by atoms with E-state index in [1.54, 1.807) is 13.0 Å². The lowest BCUT2D eigenvalue weighted by Gasteiger charge is -2.42. The Morgan fingerprint density at radius 3 is 2.36 bits per heavy atom. The minimum Gasteiger partial charge on any atom is -0.507 e. The number of ketones is 2. The van der Waals surface area contributed by atoms with Crippen LogP contribution in [0, 0.1) is 27.9 Å². The van der Waals surface area contributed by atoms with Gasteiger partial charge >= 0.3 is 0 Å². The van der Waals surface area contributed by atoms with Crippen LogP contribution in [0.2, 0.25) is 0 Å². The number of methoxy groups -OCH3 is 2. The summed E-state index contributed by atoms with van der Waals surface area (Å²) in [5, 5.41) is 22.3. The number of non-ortho nitro benzene ring substituents is 1. The van der Waals surface area contributed by atoms with Gasteiger partial charge in [-0.3, -0.25) is 34.2 Å². The number of imide groups is 1. The Bertz CT molecular complexity index is 1700. The second kappa shape index (κ2) is 9.79. The fraction of sp³-hybridized carbons (Fsp3) is 0.290. The van der Waals surface area contributed by atoms with Crippen molar-refractivity contribution in [3.8, 4) is 17.2 Å². The summed E-state index contributed by atoms with van der Waals surface area (Å²) in [4.78, 5) is 66.2. The van der Waals surface area contributed by atoms with Gasteiger partial charge in [-0.25, -0.2) is 0 Å². The summed E-state index contributed by atoms with van der Waals surface area (Å²) in [5.41, 5.74) is 1.69. The highest BCUT2D eigenvalue weighted by molar-refractivity contribution is 6.25. The molecule has 3 aliphatic carbocycles. The largest absolute Gasteiger partial charge is 0.507 e. The zero-order chi connectivity index (χ0) is 30.0. The molecule has 11 heteroatoms. The third-order valence-corrected chi connectivity index (χ3v) is 8.72. The maximum Gasteiger partial charge on any atom is 0.269 e. The summed E-state index contributed by atoms with van der Waals surface area (Å²) in [6.07, 6.45) is 3.38. The van der Waals surface area contributed by atoms with Crippen molar-refractivity contribution in [3.63, 3.8) is 0 Å². The van der Waals surface area contributed by atoms with Crippen molar-refractivity contribution in [2.75, 3.05) is 19.1 Å². The first-order chi connectivity index (χ1) is 20.1. The van der Waals surface area contributed by atoms with Crippen LogP contribution in [-0.4, -0.2) is 47.6 Å². The number of ether oxygens (including phenoxy) is 2. The van der Waals surface area contributed by atoms with Gasteiger partial charge < -0.3 is 14.6 Å². The Morgan fingerprint density at radius 2 is 1.71 bits per heavy atom. The molecular weight excluding hydrogens is 544 g/mol.